The summed E-state index contributed by atoms with van der Waals surface area (Å²) in [7, 11) is -2.85. The molecule has 0 aliphatic carbocycles. The molecule has 12 aromatic rings. The quantitative estimate of drug-likeness (QED) is 0.122. The van der Waals surface area contributed by atoms with E-state index in [2.05, 4.69) is 168 Å². The van der Waals surface area contributed by atoms with Gasteiger partial charge in [-0.05, 0) is 63.2 Å². The minimum absolute atomic E-state index is 0.0784. The van der Waals surface area contributed by atoms with Crippen LogP contribution in [0.2, 0.25) is 0 Å². The van der Waals surface area contributed by atoms with Crippen molar-refractivity contribution in [2.24, 2.45) is 0 Å². The highest BCUT2D eigenvalue weighted by Crippen LogP contribution is 2.45. The second-order valence-electron chi connectivity index (χ2n) is 14.9. The third kappa shape index (κ3) is 4.61. The summed E-state index contributed by atoms with van der Waals surface area (Å²) in [5.41, 5.74) is 6.18. The molecule has 0 unspecified atom stereocenters. The lowest BCUT2D eigenvalue weighted by atomic mass is 10.1. The topological polar surface area (TPSA) is 23.0 Å². The Labute approximate surface area is 341 Å². The molecular formula is C54H36N2OSi. The van der Waals surface area contributed by atoms with Gasteiger partial charge in [-0.1, -0.05) is 176 Å². The fourth-order valence-electron chi connectivity index (χ4n) is 9.60. The Bertz CT molecular complexity index is 3580. The predicted molar refractivity (Wildman–Crippen MR) is 246 cm³/mol. The number of furan rings is 1. The first-order chi connectivity index (χ1) is 30.5. The summed E-state index contributed by atoms with van der Waals surface area (Å²) in [5, 5.41) is 10.1. The largest absolute Gasteiger partial charge is 0.454 e. The van der Waals surface area contributed by atoms with Gasteiger partial charge < -0.3 is 13.6 Å². The van der Waals surface area contributed by atoms with Gasteiger partial charge in [-0.2, -0.15) is 0 Å². The summed E-state index contributed by atoms with van der Waals surface area (Å²) in [6.07, 6.45) is 0. The first-order valence-corrected chi connectivity index (χ1v) is 21.6. The smallest absolute Gasteiger partial charge is 0.179 e. The molecule has 0 fully saturated rings. The van der Waals surface area contributed by atoms with Crippen molar-refractivity contribution < 1.29 is 9.90 Å². The Morgan fingerprint density at radius 1 is 0.414 bits per heavy atom. The molecule has 3 aromatic heterocycles. The Hall–Kier alpha value is -7.40. The van der Waals surface area contributed by atoms with Crippen LogP contribution in [-0.4, -0.2) is 17.2 Å². The average Bonchev–Trinajstić information content (AvgIpc) is 4.00. The molecule has 4 heteroatoms. The van der Waals surface area contributed by atoms with Crippen molar-refractivity contribution in [3.63, 3.8) is 0 Å². The molecule has 272 valence electrons. The molecule has 9 aromatic carbocycles. The van der Waals surface area contributed by atoms with Gasteiger partial charge in [0, 0.05) is 32.6 Å². The van der Waals surface area contributed by atoms with Crippen LogP contribution < -0.4 is 20.7 Å². The molecule has 0 aliphatic rings. The highest BCUT2D eigenvalue weighted by molar-refractivity contribution is 7.19. The van der Waals surface area contributed by atoms with Crippen LogP contribution in [0.4, 0.5) is 0 Å². The van der Waals surface area contributed by atoms with Gasteiger partial charge >= 0.3 is 0 Å². The molecule has 0 N–H and O–H groups in total. The third-order valence-corrected chi connectivity index (χ3v) is 16.8. The minimum atomic E-state index is -2.85. The van der Waals surface area contributed by atoms with Crippen molar-refractivity contribution in [3.05, 3.63) is 218 Å². The Balaban J connectivity index is 1.22. The number of nitrogens with zero attached hydrogens (tertiary/aromatic N) is 2. The molecule has 3 nitrogen and oxygen atoms in total. The fraction of sp³-hybridized carbons (Fsp3) is 0. The zero-order valence-electron chi connectivity index (χ0n) is 35.3. The second kappa shape index (κ2) is 12.8. The van der Waals surface area contributed by atoms with E-state index in [4.69, 9.17) is 7.16 Å². The van der Waals surface area contributed by atoms with Gasteiger partial charge in [-0.25, -0.2) is 0 Å². The van der Waals surface area contributed by atoms with Gasteiger partial charge in [0.05, 0.1) is 38.6 Å². The number of fused-ring (bicyclic) bond motifs is 10. The van der Waals surface area contributed by atoms with E-state index in [0.717, 1.165) is 49.5 Å². The van der Waals surface area contributed by atoms with Crippen LogP contribution >= 0.6 is 0 Å². The van der Waals surface area contributed by atoms with Crippen LogP contribution in [0.5, 0.6) is 0 Å². The van der Waals surface area contributed by atoms with Gasteiger partial charge in [-0.3, -0.25) is 0 Å². The lowest BCUT2D eigenvalue weighted by molar-refractivity contribution is 0.666. The molecule has 0 bridgehead atoms. The summed E-state index contributed by atoms with van der Waals surface area (Å²) in [4.78, 5) is 0. The van der Waals surface area contributed by atoms with Crippen LogP contribution in [0.15, 0.2) is 223 Å². The molecule has 0 amide bonds. The molecule has 12 rings (SSSR count). The van der Waals surface area contributed by atoms with E-state index in [1.165, 1.54) is 20.7 Å². The third-order valence-electron chi connectivity index (χ3n) is 12.0. The number of aromatic nitrogens is 2. The maximum atomic E-state index is 9.54. The molecule has 58 heavy (non-hydrogen) atoms. The van der Waals surface area contributed by atoms with Crippen LogP contribution in [0.3, 0.4) is 0 Å². The van der Waals surface area contributed by atoms with Gasteiger partial charge in [0.2, 0.25) is 0 Å². The lowest BCUT2D eigenvalue weighted by Gasteiger charge is -2.34. The number of para-hydroxylation sites is 4. The maximum absolute atomic E-state index is 9.54. The van der Waals surface area contributed by atoms with Crippen LogP contribution in [0.1, 0.15) is 5.48 Å². The van der Waals surface area contributed by atoms with Crippen molar-refractivity contribution in [1.82, 2.24) is 9.13 Å². The normalized spacial score (nSPS) is 13.1. The molecule has 3 heterocycles. The van der Waals surface area contributed by atoms with E-state index in [9.17, 15) is 2.74 Å². The number of benzene rings is 9. The predicted octanol–water partition coefficient (Wildman–Crippen LogP) is 11.2. The van der Waals surface area contributed by atoms with Gasteiger partial charge in [0.1, 0.15) is 5.58 Å². The zero-order valence-corrected chi connectivity index (χ0v) is 32.3. The van der Waals surface area contributed by atoms with E-state index in [0.29, 0.717) is 27.5 Å². The Kier molecular flexibility index (Phi) is 6.39. The zero-order chi connectivity index (χ0) is 41.7. The summed E-state index contributed by atoms with van der Waals surface area (Å²) in [6, 6.07) is 67.2. The molecule has 0 atom stereocenters. The number of hydrogen-bond acceptors (Lipinski definition) is 1. The fourth-order valence-corrected chi connectivity index (χ4v) is 14.3. The Morgan fingerprint density at radius 2 is 0.914 bits per heavy atom. The minimum Gasteiger partial charge on any atom is -0.454 e. The first kappa shape index (κ1) is 28.9. The highest BCUT2D eigenvalue weighted by atomic mass is 28.3. The maximum Gasteiger partial charge on any atom is 0.179 e. The molecule has 0 saturated heterocycles. The van der Waals surface area contributed by atoms with Crippen molar-refractivity contribution in [2.45, 2.75) is 0 Å². The molecule has 0 spiro atoms. The number of hydrogen-bond donors (Lipinski definition) is 0. The number of rotatable bonds is 6. The van der Waals surface area contributed by atoms with Gasteiger partial charge in [0.25, 0.3) is 0 Å². The summed E-state index contributed by atoms with van der Waals surface area (Å²) < 4.78 is 48.2. The summed E-state index contributed by atoms with van der Waals surface area (Å²) >= 11 is 0. The standard InChI is InChI=1S/C54H36N2OSi/c1-4-18-38(19-5-1)58(39-20-6-2-7-21-39,40-22-8-3-9-23-40)41-34-32-37(33-35-41)55-47-28-14-12-26-44(47)46-36-50(54-52(53(46)55)45-27-13-17-31-51(45)57-54)56-48-29-15-10-24-42(48)43-25-11-16-30-49(43)56/h1-36H/i12D,14D,26D,28D. The van der Waals surface area contributed by atoms with Crippen LogP contribution in [0, 0.1) is 0 Å². The van der Waals surface area contributed by atoms with Crippen LogP contribution in [-0.2, 0) is 0 Å². The van der Waals surface area contributed by atoms with E-state index in [1.807, 2.05) is 34.9 Å². The molecule has 0 radical (unpaired) electrons. The summed E-state index contributed by atoms with van der Waals surface area (Å²) in [6.45, 7) is 0. The van der Waals surface area contributed by atoms with Crippen molar-refractivity contribution in [2.75, 3.05) is 0 Å². The first-order valence-electron chi connectivity index (χ1n) is 21.6. The van der Waals surface area contributed by atoms with Crippen LogP contribution in [0.25, 0.3) is 76.9 Å². The van der Waals surface area contributed by atoms with E-state index in [-0.39, 0.29) is 24.2 Å². The highest BCUT2D eigenvalue weighted by Gasteiger charge is 2.41. The Morgan fingerprint density at radius 3 is 1.52 bits per heavy atom. The van der Waals surface area contributed by atoms with Gasteiger partial charge in [-0.15, -0.1) is 0 Å². The monoisotopic (exact) mass is 760 g/mol. The second-order valence-corrected chi connectivity index (χ2v) is 18.7. The summed E-state index contributed by atoms with van der Waals surface area (Å²) in [5.74, 6) is 0. The van der Waals surface area contributed by atoms with E-state index < -0.39 is 8.07 Å². The molecular weight excluding hydrogens is 721 g/mol. The van der Waals surface area contributed by atoms with Crippen molar-refractivity contribution in [1.29, 1.82) is 0 Å². The SMILES string of the molecule is [2H]c1c([2H])c([2H])c2c(c1[2H])c1cc(-n3c4ccccc4c4ccccc43)c3oc4ccccc4c3c1n2-c1ccc([Si](c2ccccc2)(c2ccccc2)c2ccccc2)cc1. The average molecular weight is 761 g/mol. The molecule has 0 saturated carbocycles. The van der Waals surface area contributed by atoms with E-state index >= 15 is 0 Å². The lowest BCUT2D eigenvalue weighted by Crippen LogP contribution is -2.74. The van der Waals surface area contributed by atoms with Crippen molar-refractivity contribution >= 4 is 94.4 Å². The van der Waals surface area contributed by atoms with Gasteiger partial charge in [0.15, 0.2) is 13.7 Å². The van der Waals surface area contributed by atoms with Crippen molar-refractivity contribution in [3.8, 4) is 11.4 Å². The van der Waals surface area contributed by atoms with E-state index in [1.54, 1.807) is 0 Å². The molecule has 0 aliphatic heterocycles.